The number of benzene rings is 2. The van der Waals surface area contributed by atoms with Crippen molar-refractivity contribution in [3.05, 3.63) is 59.6 Å². The van der Waals surface area contributed by atoms with Gasteiger partial charge in [-0.3, -0.25) is 4.79 Å². The molecule has 4 nitrogen and oxygen atoms in total. The Kier molecular flexibility index (Phi) is 6.12. The highest BCUT2D eigenvalue weighted by molar-refractivity contribution is 8.02. The van der Waals surface area contributed by atoms with Gasteiger partial charge in [0.25, 0.3) is 0 Å². The number of nitrogens with zero attached hydrogens (tertiary/aromatic N) is 2. The van der Waals surface area contributed by atoms with E-state index in [9.17, 15) is 4.79 Å². The number of aromatic nitrogens is 2. The Bertz CT molecular complexity index is 852. The molecule has 1 aromatic heterocycles. The van der Waals surface area contributed by atoms with E-state index in [2.05, 4.69) is 27.6 Å². The quantitative estimate of drug-likeness (QED) is 0.595. The molecule has 0 saturated carbocycles. The lowest BCUT2D eigenvalue weighted by Crippen LogP contribution is -2.22. The van der Waals surface area contributed by atoms with Crippen LogP contribution in [0.4, 0.5) is 5.69 Å². The summed E-state index contributed by atoms with van der Waals surface area (Å²) in [6.45, 7) is 3.78. The van der Waals surface area contributed by atoms with E-state index in [0.29, 0.717) is 0 Å². The Morgan fingerprint density at radius 2 is 1.80 bits per heavy atom. The molecule has 1 atom stereocenters. The van der Waals surface area contributed by atoms with E-state index in [4.69, 9.17) is 0 Å². The van der Waals surface area contributed by atoms with Crippen LogP contribution in [0.3, 0.4) is 0 Å². The molecule has 3 aromatic rings. The lowest BCUT2D eigenvalue weighted by molar-refractivity contribution is -0.115. The molecule has 2 aromatic carbocycles. The van der Waals surface area contributed by atoms with Crippen LogP contribution in [0.5, 0.6) is 0 Å². The molecule has 128 valence electrons. The normalized spacial score (nSPS) is 11.9. The largest absolute Gasteiger partial charge is 0.324 e. The summed E-state index contributed by atoms with van der Waals surface area (Å²) in [5, 5.41) is 11.7. The molecule has 1 N–H and O–H groups in total. The second kappa shape index (κ2) is 8.51. The van der Waals surface area contributed by atoms with Crippen molar-refractivity contribution in [3.8, 4) is 0 Å². The van der Waals surface area contributed by atoms with Crippen molar-refractivity contribution in [1.82, 2.24) is 10.2 Å². The van der Waals surface area contributed by atoms with Crippen LogP contribution in [0.25, 0.3) is 0 Å². The number of carbonyl (C=O) groups excluding carboxylic acids is 1. The van der Waals surface area contributed by atoms with Crippen molar-refractivity contribution in [2.75, 3.05) is 5.32 Å². The number of hydrogen-bond acceptors (Lipinski definition) is 6. The molecule has 0 radical (unpaired) electrons. The third kappa shape index (κ3) is 5.07. The SMILES string of the molecule is Cc1nnc(S[C@H](C)C(=O)Nc2ccccc2Sc2ccccc2)s1. The lowest BCUT2D eigenvalue weighted by Gasteiger charge is -2.13. The topological polar surface area (TPSA) is 54.9 Å². The Labute approximate surface area is 159 Å². The first-order valence-electron chi connectivity index (χ1n) is 7.71. The predicted octanol–water partition coefficient (Wildman–Crippen LogP) is 5.12. The molecule has 0 aliphatic rings. The van der Waals surface area contributed by atoms with E-state index < -0.39 is 0 Å². The van der Waals surface area contributed by atoms with E-state index in [0.717, 1.165) is 24.8 Å². The lowest BCUT2D eigenvalue weighted by atomic mass is 10.3. The predicted molar refractivity (Wildman–Crippen MR) is 106 cm³/mol. The summed E-state index contributed by atoms with van der Waals surface area (Å²) in [7, 11) is 0. The Morgan fingerprint density at radius 1 is 1.08 bits per heavy atom. The van der Waals surface area contributed by atoms with Crippen molar-refractivity contribution in [1.29, 1.82) is 0 Å². The van der Waals surface area contributed by atoms with Gasteiger partial charge in [-0.25, -0.2) is 0 Å². The van der Waals surface area contributed by atoms with Crippen molar-refractivity contribution in [3.63, 3.8) is 0 Å². The van der Waals surface area contributed by atoms with Gasteiger partial charge in [-0.1, -0.05) is 65.2 Å². The first-order chi connectivity index (χ1) is 12.1. The molecule has 0 aliphatic carbocycles. The second-order valence-corrected chi connectivity index (χ2v) is 9.13. The first kappa shape index (κ1) is 18.0. The summed E-state index contributed by atoms with van der Waals surface area (Å²) in [4.78, 5) is 14.7. The van der Waals surface area contributed by atoms with Gasteiger partial charge in [-0.2, -0.15) is 0 Å². The number of nitrogens with one attached hydrogen (secondary N) is 1. The van der Waals surface area contributed by atoms with Gasteiger partial charge in [0.2, 0.25) is 5.91 Å². The fraction of sp³-hybridized carbons (Fsp3) is 0.167. The Balaban J connectivity index is 1.68. The van der Waals surface area contributed by atoms with Crippen molar-refractivity contribution in [2.24, 2.45) is 0 Å². The molecule has 3 rings (SSSR count). The maximum Gasteiger partial charge on any atom is 0.237 e. The third-order valence-corrected chi connectivity index (χ3v) is 6.38. The molecule has 25 heavy (non-hydrogen) atoms. The minimum Gasteiger partial charge on any atom is -0.324 e. The molecular formula is C18H17N3OS3. The van der Waals surface area contributed by atoms with Gasteiger partial charge >= 0.3 is 0 Å². The third-order valence-electron chi connectivity index (χ3n) is 3.27. The van der Waals surface area contributed by atoms with Gasteiger partial charge in [-0.05, 0) is 38.1 Å². The monoisotopic (exact) mass is 387 g/mol. The smallest absolute Gasteiger partial charge is 0.237 e. The molecule has 0 bridgehead atoms. The van der Waals surface area contributed by atoms with Gasteiger partial charge in [0, 0.05) is 9.79 Å². The summed E-state index contributed by atoms with van der Waals surface area (Å²) in [6, 6.07) is 18.0. The second-order valence-electron chi connectivity index (χ2n) is 5.25. The summed E-state index contributed by atoms with van der Waals surface area (Å²) in [5.41, 5.74) is 0.822. The number of hydrogen-bond donors (Lipinski definition) is 1. The molecule has 0 saturated heterocycles. The summed E-state index contributed by atoms with van der Waals surface area (Å²) >= 11 is 4.56. The van der Waals surface area contributed by atoms with Gasteiger partial charge in [-0.15, -0.1) is 10.2 Å². The highest BCUT2D eigenvalue weighted by Crippen LogP contribution is 2.34. The number of aryl methyl sites for hydroxylation is 1. The van der Waals surface area contributed by atoms with Crippen LogP contribution in [0, 0.1) is 6.92 Å². The fourth-order valence-corrected chi connectivity index (χ4v) is 4.92. The first-order valence-corrected chi connectivity index (χ1v) is 10.2. The zero-order chi connectivity index (χ0) is 17.6. The average Bonchev–Trinajstić information content (AvgIpc) is 3.02. The van der Waals surface area contributed by atoms with Crippen molar-refractivity contribution in [2.45, 2.75) is 33.2 Å². The van der Waals surface area contributed by atoms with Crippen LogP contribution >= 0.6 is 34.9 Å². The summed E-state index contributed by atoms with van der Waals surface area (Å²) in [5.74, 6) is -0.0426. The average molecular weight is 388 g/mol. The van der Waals surface area contributed by atoms with Gasteiger partial charge in [0.1, 0.15) is 5.01 Å². The molecule has 1 heterocycles. The fourth-order valence-electron chi connectivity index (χ4n) is 2.04. The van der Waals surface area contributed by atoms with Crippen LogP contribution in [0.2, 0.25) is 0 Å². The van der Waals surface area contributed by atoms with Gasteiger partial charge in [0.05, 0.1) is 10.9 Å². The highest BCUT2D eigenvalue weighted by Gasteiger charge is 2.18. The molecule has 1 amide bonds. The van der Waals surface area contributed by atoms with Gasteiger partial charge in [0.15, 0.2) is 4.34 Å². The maximum absolute atomic E-state index is 12.5. The standard InChI is InChI=1S/C18H17N3OS3/c1-12(23-18-21-20-13(2)24-18)17(22)19-15-10-6-7-11-16(15)25-14-8-4-3-5-9-14/h3-12H,1-2H3,(H,19,22)/t12-/m1/s1. The molecule has 0 unspecified atom stereocenters. The number of anilines is 1. The van der Waals surface area contributed by atoms with Crippen LogP contribution in [-0.2, 0) is 4.79 Å². The number of para-hydroxylation sites is 1. The van der Waals surface area contributed by atoms with E-state index >= 15 is 0 Å². The number of thioether (sulfide) groups is 1. The molecule has 0 spiro atoms. The summed E-state index contributed by atoms with van der Waals surface area (Å²) in [6.07, 6.45) is 0. The molecule has 0 fully saturated rings. The number of carbonyl (C=O) groups is 1. The van der Waals surface area contributed by atoms with Crippen LogP contribution in [-0.4, -0.2) is 21.4 Å². The van der Waals surface area contributed by atoms with Crippen LogP contribution in [0.1, 0.15) is 11.9 Å². The number of rotatable bonds is 6. The van der Waals surface area contributed by atoms with Crippen LogP contribution in [0.15, 0.2) is 68.7 Å². The summed E-state index contributed by atoms with van der Waals surface area (Å²) < 4.78 is 0.812. The highest BCUT2D eigenvalue weighted by atomic mass is 32.2. The van der Waals surface area contributed by atoms with E-state index in [1.165, 1.54) is 23.1 Å². The minimum absolute atomic E-state index is 0.0426. The van der Waals surface area contributed by atoms with Gasteiger partial charge < -0.3 is 5.32 Å². The molecule has 7 heteroatoms. The number of amides is 1. The Hall–Kier alpha value is -1.83. The zero-order valence-corrected chi connectivity index (χ0v) is 16.3. The zero-order valence-electron chi connectivity index (χ0n) is 13.8. The molecular weight excluding hydrogens is 370 g/mol. The molecule has 0 aliphatic heterocycles. The van der Waals surface area contributed by atoms with E-state index in [1.54, 1.807) is 11.8 Å². The Morgan fingerprint density at radius 3 is 2.52 bits per heavy atom. The van der Waals surface area contributed by atoms with Crippen LogP contribution < -0.4 is 5.32 Å². The van der Waals surface area contributed by atoms with Crippen molar-refractivity contribution >= 4 is 46.5 Å². The minimum atomic E-state index is -0.248. The van der Waals surface area contributed by atoms with E-state index in [1.807, 2.05) is 56.3 Å². The van der Waals surface area contributed by atoms with Crippen molar-refractivity contribution < 1.29 is 4.79 Å². The van der Waals surface area contributed by atoms with E-state index in [-0.39, 0.29) is 11.2 Å². The maximum atomic E-state index is 12.5.